The summed E-state index contributed by atoms with van der Waals surface area (Å²) < 4.78 is 5.06. The Morgan fingerprint density at radius 2 is 1.75 bits per heavy atom. The van der Waals surface area contributed by atoms with Gasteiger partial charge in [-0.3, -0.25) is 14.4 Å². The molecule has 1 saturated carbocycles. The third-order valence-corrected chi connectivity index (χ3v) is 5.03. The van der Waals surface area contributed by atoms with Crippen LogP contribution >= 0.6 is 0 Å². The predicted octanol–water partition coefficient (Wildman–Crippen LogP) is 3.69. The van der Waals surface area contributed by atoms with Crippen LogP contribution in [-0.2, 0) is 4.79 Å². The summed E-state index contributed by atoms with van der Waals surface area (Å²) in [6.07, 6.45) is 6.46. The molecular formula is C21H24N2O5. The van der Waals surface area contributed by atoms with Crippen LogP contribution < -0.4 is 10.6 Å². The van der Waals surface area contributed by atoms with Gasteiger partial charge >= 0.3 is 5.97 Å². The van der Waals surface area contributed by atoms with Crippen LogP contribution in [-0.4, -0.2) is 28.9 Å². The van der Waals surface area contributed by atoms with Crippen LogP contribution in [0.25, 0.3) is 0 Å². The molecule has 1 heterocycles. The van der Waals surface area contributed by atoms with Crippen LogP contribution in [0.3, 0.4) is 0 Å². The Kier molecular flexibility index (Phi) is 6.47. The van der Waals surface area contributed by atoms with E-state index in [1.165, 1.54) is 6.26 Å². The van der Waals surface area contributed by atoms with Gasteiger partial charge in [0.15, 0.2) is 5.76 Å². The van der Waals surface area contributed by atoms with Gasteiger partial charge in [-0.05, 0) is 43.2 Å². The smallest absolute Gasteiger partial charge is 0.308 e. The number of carbonyl (C=O) groups excluding carboxylic acids is 2. The highest BCUT2D eigenvalue weighted by Crippen LogP contribution is 2.24. The molecule has 1 aromatic heterocycles. The van der Waals surface area contributed by atoms with Gasteiger partial charge in [0.1, 0.15) is 0 Å². The highest BCUT2D eigenvalue weighted by molar-refractivity contribution is 6.03. The molecule has 2 aromatic rings. The number of hydrogen-bond donors (Lipinski definition) is 3. The summed E-state index contributed by atoms with van der Waals surface area (Å²) in [6.45, 7) is 0. The van der Waals surface area contributed by atoms with E-state index < -0.39 is 23.8 Å². The third kappa shape index (κ3) is 5.00. The van der Waals surface area contributed by atoms with Crippen LogP contribution in [0, 0.1) is 5.92 Å². The highest BCUT2D eigenvalue weighted by atomic mass is 16.4. The third-order valence-electron chi connectivity index (χ3n) is 5.03. The first-order chi connectivity index (χ1) is 13.5. The Bertz CT molecular complexity index is 831. The molecule has 1 fully saturated rings. The molecule has 28 heavy (non-hydrogen) atoms. The average Bonchev–Trinajstić information content (AvgIpc) is 3.18. The summed E-state index contributed by atoms with van der Waals surface area (Å²) >= 11 is 0. The van der Waals surface area contributed by atoms with Crippen molar-refractivity contribution < 1.29 is 23.9 Å². The van der Waals surface area contributed by atoms with Crippen LogP contribution in [0.4, 0.5) is 5.69 Å². The number of aliphatic carboxylic acids is 1. The van der Waals surface area contributed by atoms with Crippen molar-refractivity contribution in [3.63, 3.8) is 0 Å². The maximum atomic E-state index is 12.7. The molecule has 0 bridgehead atoms. The largest absolute Gasteiger partial charge is 0.481 e. The van der Waals surface area contributed by atoms with Gasteiger partial charge in [0.25, 0.3) is 11.8 Å². The van der Waals surface area contributed by atoms with E-state index in [9.17, 15) is 19.5 Å². The number of benzene rings is 1. The lowest BCUT2D eigenvalue weighted by atomic mass is 9.86. The molecule has 0 spiro atoms. The average molecular weight is 384 g/mol. The predicted molar refractivity (Wildman–Crippen MR) is 103 cm³/mol. The number of nitrogens with one attached hydrogen (secondary N) is 2. The summed E-state index contributed by atoms with van der Waals surface area (Å²) in [7, 11) is 0. The SMILES string of the molecule is O=C(NC1CCCCCCC1C(=O)O)c1cccc(NC(=O)c2ccco2)c1. The van der Waals surface area contributed by atoms with E-state index in [2.05, 4.69) is 10.6 Å². The van der Waals surface area contributed by atoms with Gasteiger partial charge in [-0.1, -0.05) is 31.7 Å². The lowest BCUT2D eigenvalue weighted by molar-refractivity contribution is -0.143. The lowest BCUT2D eigenvalue weighted by Crippen LogP contribution is -2.43. The zero-order valence-corrected chi connectivity index (χ0v) is 15.5. The van der Waals surface area contributed by atoms with E-state index >= 15 is 0 Å². The minimum atomic E-state index is -0.869. The van der Waals surface area contributed by atoms with Crippen molar-refractivity contribution >= 4 is 23.5 Å². The Morgan fingerprint density at radius 1 is 0.964 bits per heavy atom. The zero-order chi connectivity index (χ0) is 19.9. The van der Waals surface area contributed by atoms with Crippen LogP contribution in [0.5, 0.6) is 0 Å². The molecule has 0 aliphatic heterocycles. The Balaban J connectivity index is 1.69. The quantitative estimate of drug-likeness (QED) is 0.728. The number of furan rings is 1. The second-order valence-electron chi connectivity index (χ2n) is 7.03. The topological polar surface area (TPSA) is 109 Å². The molecule has 3 N–H and O–H groups in total. The van der Waals surface area contributed by atoms with E-state index in [0.29, 0.717) is 24.1 Å². The minimum Gasteiger partial charge on any atom is -0.481 e. The second kappa shape index (κ2) is 9.21. The molecule has 0 radical (unpaired) electrons. The maximum absolute atomic E-state index is 12.7. The number of rotatable bonds is 5. The fourth-order valence-electron chi connectivity index (χ4n) is 3.54. The van der Waals surface area contributed by atoms with Gasteiger partial charge in [0, 0.05) is 17.3 Å². The molecule has 7 heteroatoms. The molecule has 7 nitrogen and oxygen atoms in total. The van der Waals surface area contributed by atoms with E-state index in [1.807, 2.05) is 0 Å². The van der Waals surface area contributed by atoms with Gasteiger partial charge in [-0.2, -0.15) is 0 Å². The van der Waals surface area contributed by atoms with Gasteiger partial charge in [0.2, 0.25) is 0 Å². The highest BCUT2D eigenvalue weighted by Gasteiger charge is 2.30. The number of amides is 2. The van der Waals surface area contributed by atoms with Crippen molar-refractivity contribution in [2.45, 2.75) is 44.6 Å². The van der Waals surface area contributed by atoms with Crippen molar-refractivity contribution in [1.82, 2.24) is 5.32 Å². The minimum absolute atomic E-state index is 0.175. The van der Waals surface area contributed by atoms with Crippen molar-refractivity contribution in [3.8, 4) is 0 Å². The summed E-state index contributed by atoms with van der Waals surface area (Å²) in [5.74, 6) is -2.02. The molecule has 2 atom stereocenters. The Hall–Kier alpha value is -3.09. The molecule has 2 unspecified atom stereocenters. The summed E-state index contributed by atoms with van der Waals surface area (Å²) in [6, 6.07) is 9.31. The fourth-order valence-corrected chi connectivity index (χ4v) is 3.54. The molecule has 1 aromatic carbocycles. The van der Waals surface area contributed by atoms with E-state index in [1.54, 1.807) is 36.4 Å². The summed E-state index contributed by atoms with van der Waals surface area (Å²) in [5, 5.41) is 15.1. The fraction of sp³-hybridized carbons (Fsp3) is 0.381. The number of hydrogen-bond acceptors (Lipinski definition) is 4. The Morgan fingerprint density at radius 3 is 2.46 bits per heavy atom. The monoisotopic (exact) mass is 384 g/mol. The first-order valence-corrected chi connectivity index (χ1v) is 9.53. The molecule has 2 amide bonds. The van der Waals surface area contributed by atoms with Crippen LogP contribution in [0.1, 0.15) is 59.4 Å². The normalized spacial score (nSPS) is 19.9. The molecule has 1 aliphatic carbocycles. The molecule has 0 saturated heterocycles. The first-order valence-electron chi connectivity index (χ1n) is 9.53. The Labute approximate surface area is 163 Å². The summed E-state index contributed by atoms with van der Waals surface area (Å²) in [5.41, 5.74) is 0.824. The van der Waals surface area contributed by atoms with Crippen molar-refractivity contribution in [1.29, 1.82) is 0 Å². The van der Waals surface area contributed by atoms with E-state index in [4.69, 9.17) is 4.42 Å². The van der Waals surface area contributed by atoms with Crippen molar-refractivity contribution in [2.24, 2.45) is 5.92 Å². The van der Waals surface area contributed by atoms with Gasteiger partial charge in [-0.15, -0.1) is 0 Å². The molecule has 3 rings (SSSR count). The van der Waals surface area contributed by atoms with Crippen molar-refractivity contribution in [2.75, 3.05) is 5.32 Å². The first kappa shape index (κ1) is 19.7. The molecule has 1 aliphatic rings. The number of carbonyl (C=O) groups is 3. The van der Waals surface area contributed by atoms with Crippen molar-refractivity contribution in [3.05, 3.63) is 54.0 Å². The zero-order valence-electron chi connectivity index (χ0n) is 15.5. The standard InChI is InChI=1S/C21H24N2O5/c24-19(23-17-10-4-2-1-3-9-16(17)21(26)27)14-7-5-8-15(13-14)22-20(25)18-11-6-12-28-18/h5-8,11-13,16-17H,1-4,9-10H2,(H,22,25)(H,23,24)(H,26,27). The van der Waals surface area contributed by atoms with Gasteiger partial charge < -0.3 is 20.2 Å². The number of anilines is 1. The van der Waals surface area contributed by atoms with Gasteiger partial charge in [0.05, 0.1) is 12.2 Å². The van der Waals surface area contributed by atoms with E-state index in [0.717, 1.165) is 25.7 Å². The second-order valence-corrected chi connectivity index (χ2v) is 7.03. The molecule has 148 valence electrons. The summed E-state index contributed by atoms with van der Waals surface area (Å²) in [4.78, 5) is 36.4. The van der Waals surface area contributed by atoms with Crippen LogP contribution in [0.15, 0.2) is 47.1 Å². The number of carboxylic acids is 1. The lowest BCUT2D eigenvalue weighted by Gasteiger charge is -2.27. The molecular weight excluding hydrogens is 360 g/mol. The number of carboxylic acid groups (broad SMARTS) is 1. The van der Waals surface area contributed by atoms with Crippen LogP contribution in [0.2, 0.25) is 0 Å². The maximum Gasteiger partial charge on any atom is 0.308 e. The van der Waals surface area contributed by atoms with E-state index in [-0.39, 0.29) is 11.7 Å². The van der Waals surface area contributed by atoms with Gasteiger partial charge in [-0.25, -0.2) is 0 Å².